The molecule has 1 heterocycles. The average Bonchev–Trinajstić information content (AvgIpc) is 2.23. The van der Waals surface area contributed by atoms with Crippen molar-refractivity contribution in [2.75, 3.05) is 32.9 Å². The molecule has 94 valence electrons. The second kappa shape index (κ2) is 5.58. The average molecular weight is 232 g/mol. The van der Waals surface area contributed by atoms with Gasteiger partial charge in [-0.15, -0.1) is 0 Å². The van der Waals surface area contributed by atoms with Gasteiger partial charge in [0.25, 0.3) is 0 Å². The largest absolute Gasteiger partial charge is 0.394 e. The molecule has 1 aliphatic heterocycles. The summed E-state index contributed by atoms with van der Waals surface area (Å²) in [5, 5.41) is 32.8. The highest BCUT2D eigenvalue weighted by atomic mass is 16.3. The van der Waals surface area contributed by atoms with Crippen molar-refractivity contribution in [2.24, 2.45) is 11.8 Å². The molecule has 0 radical (unpaired) electrons. The van der Waals surface area contributed by atoms with Gasteiger partial charge >= 0.3 is 0 Å². The molecule has 0 spiro atoms. The van der Waals surface area contributed by atoms with Gasteiger partial charge in [-0.1, -0.05) is 6.92 Å². The molecule has 5 N–H and O–H groups in total. The molecule has 1 amide bonds. The molecular formula is C10H20N2O4. The van der Waals surface area contributed by atoms with Gasteiger partial charge in [0, 0.05) is 5.92 Å². The summed E-state index contributed by atoms with van der Waals surface area (Å²) in [6.07, 6.45) is 0. The van der Waals surface area contributed by atoms with E-state index in [2.05, 4.69) is 10.6 Å². The molecule has 0 bridgehead atoms. The Morgan fingerprint density at radius 3 is 2.19 bits per heavy atom. The summed E-state index contributed by atoms with van der Waals surface area (Å²) in [7, 11) is 0. The van der Waals surface area contributed by atoms with E-state index in [0.29, 0.717) is 0 Å². The Morgan fingerprint density at radius 1 is 1.38 bits per heavy atom. The number of hydrogen-bond acceptors (Lipinski definition) is 5. The smallest absolute Gasteiger partial charge is 0.223 e. The van der Waals surface area contributed by atoms with Crippen LogP contribution in [0.25, 0.3) is 0 Å². The highest BCUT2D eigenvalue weighted by molar-refractivity contribution is 5.79. The number of nitrogens with one attached hydrogen (secondary N) is 2. The summed E-state index contributed by atoms with van der Waals surface area (Å²) < 4.78 is 0. The molecule has 0 aliphatic carbocycles. The van der Waals surface area contributed by atoms with Crippen molar-refractivity contribution >= 4 is 5.91 Å². The van der Waals surface area contributed by atoms with Gasteiger partial charge < -0.3 is 26.0 Å². The maximum Gasteiger partial charge on any atom is 0.223 e. The molecular weight excluding hydrogens is 212 g/mol. The minimum absolute atomic E-state index is 0.190. The topological polar surface area (TPSA) is 102 Å². The van der Waals surface area contributed by atoms with Crippen molar-refractivity contribution in [1.82, 2.24) is 10.6 Å². The first-order valence-electron chi connectivity index (χ1n) is 5.44. The Labute approximate surface area is 94.7 Å². The molecule has 1 atom stereocenters. The van der Waals surface area contributed by atoms with Gasteiger partial charge in [-0.3, -0.25) is 4.79 Å². The Kier molecular flexibility index (Phi) is 4.67. The maximum atomic E-state index is 11.8. The van der Waals surface area contributed by atoms with Gasteiger partial charge in [-0.2, -0.15) is 0 Å². The normalized spacial score (nSPS) is 19.0. The third-order valence-corrected chi connectivity index (χ3v) is 3.23. The maximum absolute atomic E-state index is 11.8. The molecule has 1 saturated heterocycles. The summed E-state index contributed by atoms with van der Waals surface area (Å²) >= 11 is 0. The molecule has 1 unspecified atom stereocenters. The summed E-state index contributed by atoms with van der Waals surface area (Å²) in [4.78, 5) is 11.8. The zero-order valence-electron chi connectivity index (χ0n) is 9.44. The van der Waals surface area contributed by atoms with Crippen LogP contribution in [0, 0.1) is 11.8 Å². The van der Waals surface area contributed by atoms with Crippen LogP contribution in [-0.4, -0.2) is 59.7 Å². The van der Waals surface area contributed by atoms with Crippen molar-refractivity contribution in [3.8, 4) is 0 Å². The fourth-order valence-electron chi connectivity index (χ4n) is 1.52. The van der Waals surface area contributed by atoms with Gasteiger partial charge in [-0.05, 0) is 19.0 Å². The third-order valence-electron chi connectivity index (χ3n) is 3.23. The van der Waals surface area contributed by atoms with Crippen molar-refractivity contribution < 1.29 is 20.1 Å². The quantitative estimate of drug-likeness (QED) is 0.354. The summed E-state index contributed by atoms with van der Waals surface area (Å²) in [5.74, 6) is -0.150. The summed E-state index contributed by atoms with van der Waals surface area (Å²) in [5.41, 5.74) is -1.32. The van der Waals surface area contributed by atoms with Crippen LogP contribution in [0.1, 0.15) is 6.92 Å². The molecule has 1 aliphatic rings. The van der Waals surface area contributed by atoms with Crippen LogP contribution in [0.4, 0.5) is 0 Å². The molecule has 0 saturated carbocycles. The van der Waals surface area contributed by atoms with Crippen LogP contribution in [0.15, 0.2) is 0 Å². The zero-order valence-corrected chi connectivity index (χ0v) is 9.44. The first-order valence-corrected chi connectivity index (χ1v) is 5.44. The number of aliphatic hydroxyl groups excluding tert-OH is 3. The minimum Gasteiger partial charge on any atom is -0.394 e. The van der Waals surface area contributed by atoms with E-state index in [0.717, 1.165) is 13.1 Å². The fraction of sp³-hybridized carbons (Fsp3) is 0.900. The Hall–Kier alpha value is -0.690. The molecule has 6 heteroatoms. The number of amides is 1. The van der Waals surface area contributed by atoms with Crippen molar-refractivity contribution in [3.63, 3.8) is 0 Å². The van der Waals surface area contributed by atoms with Gasteiger partial charge in [0.1, 0.15) is 5.54 Å². The lowest BCUT2D eigenvalue weighted by atomic mass is 9.87. The fourth-order valence-corrected chi connectivity index (χ4v) is 1.52. The minimum atomic E-state index is -1.32. The van der Waals surface area contributed by atoms with Crippen LogP contribution in [0.2, 0.25) is 0 Å². The number of carbonyl (C=O) groups excluding carboxylic acids is 1. The number of rotatable bonds is 6. The predicted molar refractivity (Wildman–Crippen MR) is 57.7 cm³/mol. The van der Waals surface area contributed by atoms with Crippen LogP contribution in [0.5, 0.6) is 0 Å². The van der Waals surface area contributed by atoms with Crippen LogP contribution in [-0.2, 0) is 4.79 Å². The summed E-state index contributed by atoms with van der Waals surface area (Å²) in [6.45, 7) is 1.96. The van der Waals surface area contributed by atoms with Gasteiger partial charge in [0.05, 0.1) is 19.8 Å². The van der Waals surface area contributed by atoms with E-state index in [1.54, 1.807) is 6.92 Å². The van der Waals surface area contributed by atoms with Crippen molar-refractivity contribution in [2.45, 2.75) is 12.5 Å². The zero-order chi connectivity index (χ0) is 12.2. The number of carbonyl (C=O) groups is 1. The molecule has 6 nitrogen and oxygen atoms in total. The molecule has 0 aromatic heterocycles. The monoisotopic (exact) mass is 232 g/mol. The van der Waals surface area contributed by atoms with Crippen LogP contribution in [0.3, 0.4) is 0 Å². The van der Waals surface area contributed by atoms with Gasteiger partial charge in [0.2, 0.25) is 5.91 Å². The molecule has 0 aromatic rings. The SMILES string of the molecule is CC(C(=O)NC(CO)(CO)CO)C1CNC1. The van der Waals surface area contributed by atoms with E-state index in [1.165, 1.54) is 0 Å². The third kappa shape index (κ3) is 2.70. The lowest BCUT2D eigenvalue weighted by Gasteiger charge is -2.35. The van der Waals surface area contributed by atoms with Crippen LogP contribution >= 0.6 is 0 Å². The molecule has 16 heavy (non-hydrogen) atoms. The lowest BCUT2D eigenvalue weighted by Crippen LogP contribution is -2.60. The van der Waals surface area contributed by atoms with Crippen molar-refractivity contribution in [3.05, 3.63) is 0 Å². The first kappa shape index (κ1) is 13.4. The lowest BCUT2D eigenvalue weighted by molar-refractivity contribution is -0.131. The Balaban J connectivity index is 2.53. The van der Waals surface area contributed by atoms with E-state index in [1.807, 2.05) is 0 Å². The van der Waals surface area contributed by atoms with Gasteiger partial charge in [-0.25, -0.2) is 0 Å². The van der Waals surface area contributed by atoms with E-state index >= 15 is 0 Å². The van der Waals surface area contributed by atoms with Crippen LogP contribution < -0.4 is 10.6 Å². The highest BCUT2D eigenvalue weighted by Gasteiger charge is 2.35. The van der Waals surface area contributed by atoms with Crippen molar-refractivity contribution in [1.29, 1.82) is 0 Å². The Bertz CT molecular complexity index is 231. The van der Waals surface area contributed by atoms with E-state index in [9.17, 15) is 4.79 Å². The number of hydrogen-bond donors (Lipinski definition) is 5. The number of aliphatic hydroxyl groups is 3. The highest BCUT2D eigenvalue weighted by Crippen LogP contribution is 2.17. The molecule has 1 rings (SSSR count). The standard InChI is InChI=1S/C10H20N2O4/c1-7(8-2-11-3-8)9(16)12-10(4-13,5-14)6-15/h7-8,11,13-15H,2-6H2,1H3,(H,12,16). The van der Waals surface area contributed by atoms with E-state index in [4.69, 9.17) is 15.3 Å². The van der Waals surface area contributed by atoms with E-state index < -0.39 is 25.4 Å². The predicted octanol–water partition coefficient (Wildman–Crippen LogP) is -2.33. The second-order valence-corrected chi connectivity index (χ2v) is 4.45. The second-order valence-electron chi connectivity index (χ2n) is 4.45. The van der Waals surface area contributed by atoms with E-state index in [-0.39, 0.29) is 17.7 Å². The molecule has 1 fully saturated rings. The first-order chi connectivity index (χ1) is 7.58. The summed E-state index contributed by atoms with van der Waals surface area (Å²) in [6, 6.07) is 0. The van der Waals surface area contributed by atoms with Gasteiger partial charge in [0.15, 0.2) is 0 Å². The molecule has 0 aromatic carbocycles. The Morgan fingerprint density at radius 2 is 1.88 bits per heavy atom.